The van der Waals surface area contributed by atoms with Crippen LogP contribution in [0.4, 0.5) is 0 Å². The van der Waals surface area contributed by atoms with Gasteiger partial charge in [0.1, 0.15) is 5.75 Å². The number of para-hydroxylation sites is 3. The van der Waals surface area contributed by atoms with Crippen LogP contribution in [0.5, 0.6) is 5.75 Å². The van der Waals surface area contributed by atoms with Crippen molar-refractivity contribution >= 4 is 65.4 Å². The van der Waals surface area contributed by atoms with Crippen molar-refractivity contribution in [2.75, 3.05) is 7.11 Å². The van der Waals surface area contributed by atoms with E-state index in [1.165, 1.54) is 16.2 Å². The zero-order chi connectivity index (χ0) is 40.6. The van der Waals surface area contributed by atoms with Gasteiger partial charge in [-0.25, -0.2) is 0 Å². The zero-order valence-electron chi connectivity index (χ0n) is 33.5. The van der Waals surface area contributed by atoms with E-state index >= 15 is 0 Å². The smallest absolute Gasteiger partial charge is 0.119 e. The van der Waals surface area contributed by atoms with E-state index in [2.05, 4.69) is 202 Å². The second kappa shape index (κ2) is 13.9. The first kappa shape index (κ1) is 35.1. The van der Waals surface area contributed by atoms with Crippen molar-refractivity contribution in [1.82, 2.24) is 13.7 Å². The molecule has 0 radical (unpaired) electrons. The van der Waals surface area contributed by atoms with Gasteiger partial charge in [-0.1, -0.05) is 84.9 Å². The number of fused-ring (bicyclic) bond motifs is 9. The van der Waals surface area contributed by atoms with Crippen LogP contribution in [0.1, 0.15) is 5.56 Å². The predicted octanol–water partition coefficient (Wildman–Crippen LogP) is 13.8. The van der Waals surface area contributed by atoms with E-state index < -0.39 is 0 Å². The lowest BCUT2D eigenvalue weighted by molar-refractivity contribution is 0.282. The summed E-state index contributed by atoms with van der Waals surface area (Å²) in [6.45, 7) is -0.00258. The number of ether oxygens (including phenoxy) is 1. The van der Waals surface area contributed by atoms with Crippen LogP contribution in [0.25, 0.3) is 105 Å². The maximum atomic E-state index is 10.1. The van der Waals surface area contributed by atoms with Gasteiger partial charge in [-0.15, -0.1) is 0 Å². The molecule has 1 N–H and O–H groups in total. The van der Waals surface area contributed by atoms with Crippen molar-refractivity contribution in [3.8, 4) is 45.1 Å². The predicted molar refractivity (Wildman–Crippen MR) is 253 cm³/mol. The molecule has 290 valence electrons. The van der Waals surface area contributed by atoms with Crippen molar-refractivity contribution in [2.24, 2.45) is 0 Å². The molecule has 0 atom stereocenters. The highest BCUT2D eigenvalue weighted by Gasteiger charge is 2.19. The molecule has 0 unspecified atom stereocenters. The van der Waals surface area contributed by atoms with E-state index in [1.54, 1.807) is 7.11 Å². The van der Waals surface area contributed by atoms with Crippen molar-refractivity contribution in [3.05, 3.63) is 206 Å². The third kappa shape index (κ3) is 5.52. The van der Waals surface area contributed by atoms with Crippen molar-refractivity contribution in [2.45, 2.75) is 6.61 Å². The van der Waals surface area contributed by atoms with Crippen LogP contribution in [0, 0.1) is 0 Å². The molecule has 0 saturated heterocycles. The van der Waals surface area contributed by atoms with Gasteiger partial charge in [0.25, 0.3) is 0 Å². The lowest BCUT2D eigenvalue weighted by Crippen LogP contribution is -1.93. The Hall–Kier alpha value is -7.86. The highest BCUT2D eigenvalue weighted by molar-refractivity contribution is 6.15. The van der Waals surface area contributed by atoms with Crippen LogP contribution >= 0.6 is 0 Å². The number of aromatic nitrogens is 3. The Balaban J connectivity index is 1.06. The van der Waals surface area contributed by atoms with E-state index in [1.807, 2.05) is 12.1 Å². The molecule has 61 heavy (non-hydrogen) atoms. The number of hydrogen-bond donors (Lipinski definition) is 1. The standard InChI is InChI=1S/C56H39N3O2/c1-61-44-22-28-56-50(34-44)49-33-40(21-27-55(49)59(56)43-15-9-4-10-16-43)39-20-26-54-48(32-39)47-31-38(19-25-53(47)58(54)42-13-7-3-8-14-42)37-18-24-52-46(30-37)45-29-36(35-60)17-23-51(45)57(52)41-11-5-2-6-12-41/h2-34,60H,35H2,1H3. The summed E-state index contributed by atoms with van der Waals surface area (Å²) in [6.07, 6.45) is 0. The summed E-state index contributed by atoms with van der Waals surface area (Å²) in [6, 6.07) is 71.8. The molecule has 5 heteroatoms. The highest BCUT2D eigenvalue weighted by atomic mass is 16.5. The molecule has 0 aliphatic rings. The van der Waals surface area contributed by atoms with E-state index in [4.69, 9.17) is 4.74 Å². The van der Waals surface area contributed by atoms with Crippen molar-refractivity contribution in [1.29, 1.82) is 0 Å². The Morgan fingerprint density at radius 2 is 0.656 bits per heavy atom. The van der Waals surface area contributed by atoms with Gasteiger partial charge in [0, 0.05) is 49.4 Å². The number of aliphatic hydroxyl groups is 1. The average molecular weight is 786 g/mol. The molecule has 0 bridgehead atoms. The number of rotatable bonds is 7. The minimum atomic E-state index is -0.00258. The van der Waals surface area contributed by atoms with Crippen LogP contribution in [0.15, 0.2) is 200 Å². The molecule has 0 saturated carbocycles. The van der Waals surface area contributed by atoms with E-state index in [9.17, 15) is 5.11 Å². The normalized spacial score (nSPS) is 11.8. The number of hydrogen-bond acceptors (Lipinski definition) is 2. The molecule has 5 nitrogen and oxygen atoms in total. The molecule has 3 aromatic heterocycles. The van der Waals surface area contributed by atoms with Gasteiger partial charge in [-0.05, 0) is 143 Å². The van der Waals surface area contributed by atoms with Gasteiger partial charge >= 0.3 is 0 Å². The van der Waals surface area contributed by atoms with E-state index in [0.717, 1.165) is 99.9 Å². The van der Waals surface area contributed by atoms with Gasteiger partial charge < -0.3 is 23.5 Å². The minimum absolute atomic E-state index is 0.00258. The van der Waals surface area contributed by atoms with Gasteiger partial charge in [-0.2, -0.15) is 0 Å². The Bertz CT molecular complexity index is 3430. The fourth-order valence-electron chi connectivity index (χ4n) is 9.61. The fraction of sp³-hybridized carbons (Fsp3) is 0.0357. The first-order valence-electron chi connectivity index (χ1n) is 20.7. The second-order valence-electron chi connectivity index (χ2n) is 15.8. The van der Waals surface area contributed by atoms with Gasteiger partial charge in [-0.3, -0.25) is 0 Å². The molecule has 0 aliphatic heterocycles. The Morgan fingerprint density at radius 1 is 0.344 bits per heavy atom. The Morgan fingerprint density at radius 3 is 1.00 bits per heavy atom. The molecule has 0 amide bonds. The van der Waals surface area contributed by atoms with E-state index in [0.29, 0.717) is 0 Å². The molecule has 9 aromatic carbocycles. The SMILES string of the molecule is COc1ccc2c(c1)c1cc(-c3ccc4c(c3)c3cc(-c5ccc6c(c5)c5cc(CO)ccc5n6-c5ccccc5)ccc3n4-c3ccccc3)ccc1n2-c1ccccc1. The molecule has 12 rings (SSSR count). The summed E-state index contributed by atoms with van der Waals surface area (Å²) in [5, 5.41) is 17.1. The minimum Gasteiger partial charge on any atom is -0.497 e. The first-order valence-corrected chi connectivity index (χ1v) is 20.7. The summed E-state index contributed by atoms with van der Waals surface area (Å²) < 4.78 is 12.8. The molecular formula is C56H39N3O2. The third-order valence-electron chi connectivity index (χ3n) is 12.5. The molecule has 0 spiro atoms. The zero-order valence-corrected chi connectivity index (χ0v) is 33.5. The summed E-state index contributed by atoms with van der Waals surface area (Å²) in [5.41, 5.74) is 15.7. The summed E-state index contributed by atoms with van der Waals surface area (Å²) in [7, 11) is 1.73. The molecule has 0 aliphatic carbocycles. The number of nitrogens with zero attached hydrogens (tertiary/aromatic N) is 3. The summed E-state index contributed by atoms with van der Waals surface area (Å²) >= 11 is 0. The number of methoxy groups -OCH3 is 1. The maximum absolute atomic E-state index is 10.1. The lowest BCUT2D eigenvalue weighted by atomic mass is 9.98. The first-order chi connectivity index (χ1) is 30.1. The molecule has 0 fully saturated rings. The van der Waals surface area contributed by atoms with Gasteiger partial charge in [0.15, 0.2) is 0 Å². The quantitative estimate of drug-likeness (QED) is 0.175. The highest BCUT2D eigenvalue weighted by Crippen LogP contribution is 2.41. The second-order valence-corrected chi connectivity index (χ2v) is 15.8. The fourth-order valence-corrected chi connectivity index (χ4v) is 9.61. The van der Waals surface area contributed by atoms with Crippen LogP contribution in [0.2, 0.25) is 0 Å². The average Bonchev–Trinajstić information content (AvgIpc) is 3.96. The topological polar surface area (TPSA) is 44.2 Å². The van der Waals surface area contributed by atoms with Gasteiger partial charge in [0.2, 0.25) is 0 Å². The monoisotopic (exact) mass is 785 g/mol. The van der Waals surface area contributed by atoms with Crippen molar-refractivity contribution < 1.29 is 9.84 Å². The molecule has 12 aromatic rings. The molecule has 3 heterocycles. The van der Waals surface area contributed by atoms with Gasteiger partial charge in [0.05, 0.1) is 46.8 Å². The van der Waals surface area contributed by atoms with Crippen LogP contribution in [0.3, 0.4) is 0 Å². The largest absolute Gasteiger partial charge is 0.497 e. The molecular weight excluding hydrogens is 747 g/mol. The Labute approximate surface area is 352 Å². The van der Waals surface area contributed by atoms with Crippen molar-refractivity contribution in [3.63, 3.8) is 0 Å². The van der Waals surface area contributed by atoms with Crippen LogP contribution < -0.4 is 4.74 Å². The number of aliphatic hydroxyl groups excluding tert-OH is 1. The third-order valence-corrected chi connectivity index (χ3v) is 12.5. The van der Waals surface area contributed by atoms with E-state index in [-0.39, 0.29) is 6.61 Å². The number of benzene rings is 9. The lowest BCUT2D eigenvalue weighted by Gasteiger charge is -2.09. The Kier molecular flexibility index (Phi) is 7.99. The summed E-state index contributed by atoms with van der Waals surface area (Å²) in [5.74, 6) is 0.840. The van der Waals surface area contributed by atoms with Crippen LogP contribution in [-0.2, 0) is 6.61 Å². The maximum Gasteiger partial charge on any atom is 0.119 e. The summed E-state index contributed by atoms with van der Waals surface area (Å²) in [4.78, 5) is 0. The van der Waals surface area contributed by atoms with Crippen LogP contribution in [-0.4, -0.2) is 25.9 Å².